The molecule has 2 fully saturated rings. The molecule has 2 aliphatic rings. The van der Waals surface area contributed by atoms with Crippen molar-refractivity contribution in [1.29, 1.82) is 0 Å². The molecule has 0 radical (unpaired) electrons. The number of ether oxygens (including phenoxy) is 1. The summed E-state index contributed by atoms with van der Waals surface area (Å²) in [7, 11) is 0. The van der Waals surface area contributed by atoms with Gasteiger partial charge in [0, 0.05) is 25.5 Å². The Hall–Kier alpha value is -2.35. The summed E-state index contributed by atoms with van der Waals surface area (Å²) in [5, 5.41) is 3.82. The Morgan fingerprint density at radius 3 is 3.04 bits per heavy atom. The van der Waals surface area contributed by atoms with Gasteiger partial charge in [0.25, 0.3) is 11.8 Å². The third-order valence-corrected chi connectivity index (χ3v) is 4.44. The molecule has 0 bridgehead atoms. The average Bonchev–Trinajstić information content (AvgIpc) is 3.20. The van der Waals surface area contributed by atoms with E-state index in [9.17, 15) is 4.79 Å². The number of piperidine rings is 1. The second kappa shape index (κ2) is 5.69. The van der Waals surface area contributed by atoms with Crippen molar-refractivity contribution >= 4 is 5.91 Å². The van der Waals surface area contributed by atoms with Crippen LogP contribution < -0.4 is 0 Å². The van der Waals surface area contributed by atoms with Gasteiger partial charge >= 0.3 is 0 Å². The molecule has 120 valence electrons. The van der Waals surface area contributed by atoms with Crippen molar-refractivity contribution in [3.8, 4) is 0 Å². The van der Waals surface area contributed by atoms with Crippen molar-refractivity contribution < 1.29 is 14.1 Å². The number of fused-ring (bicyclic) bond motifs is 1. The van der Waals surface area contributed by atoms with E-state index in [0.29, 0.717) is 36.4 Å². The summed E-state index contributed by atoms with van der Waals surface area (Å²) in [5.74, 6) is 1.46. The minimum Gasteiger partial charge on any atom is -0.363 e. The molecule has 8 nitrogen and oxygen atoms in total. The molecule has 0 N–H and O–H groups in total. The number of carbonyl (C=O) groups is 1. The van der Waals surface area contributed by atoms with Gasteiger partial charge in [-0.15, -0.1) is 0 Å². The van der Waals surface area contributed by atoms with Crippen LogP contribution in [-0.4, -0.2) is 50.1 Å². The summed E-state index contributed by atoms with van der Waals surface area (Å²) in [5.41, 5.74) is 0.369. The SMILES string of the molecule is Cc1noc([C@@H]2C[C@H]3CCN(C(=O)c4cnccn4)C[C@@H]3O2)n1. The van der Waals surface area contributed by atoms with Gasteiger partial charge in [0.15, 0.2) is 5.82 Å². The average molecular weight is 315 g/mol. The minimum atomic E-state index is -0.169. The van der Waals surface area contributed by atoms with Crippen molar-refractivity contribution in [2.24, 2.45) is 5.92 Å². The first-order chi connectivity index (χ1) is 11.2. The lowest BCUT2D eigenvalue weighted by atomic mass is 9.91. The van der Waals surface area contributed by atoms with Crippen molar-refractivity contribution in [3.05, 3.63) is 36.0 Å². The van der Waals surface area contributed by atoms with Crippen LogP contribution in [0.5, 0.6) is 0 Å². The maximum absolute atomic E-state index is 12.5. The van der Waals surface area contributed by atoms with Gasteiger partial charge in [-0.25, -0.2) is 4.98 Å². The summed E-state index contributed by atoms with van der Waals surface area (Å²) >= 11 is 0. The first kappa shape index (κ1) is 14.3. The Balaban J connectivity index is 1.44. The van der Waals surface area contributed by atoms with Gasteiger partial charge in [0.05, 0.1) is 12.3 Å². The number of nitrogens with zero attached hydrogens (tertiary/aromatic N) is 5. The molecule has 2 aromatic heterocycles. The molecule has 0 aliphatic carbocycles. The number of aromatic nitrogens is 4. The molecule has 4 heterocycles. The first-order valence-electron chi connectivity index (χ1n) is 7.71. The predicted octanol–water partition coefficient (Wildman–Crippen LogP) is 1.16. The molecule has 0 aromatic carbocycles. The lowest BCUT2D eigenvalue weighted by molar-refractivity contribution is -0.0138. The van der Waals surface area contributed by atoms with Gasteiger partial charge in [-0.3, -0.25) is 9.78 Å². The maximum Gasteiger partial charge on any atom is 0.274 e. The van der Waals surface area contributed by atoms with Crippen LogP contribution >= 0.6 is 0 Å². The van der Waals surface area contributed by atoms with Crippen LogP contribution in [0, 0.1) is 12.8 Å². The molecule has 0 unspecified atom stereocenters. The summed E-state index contributed by atoms with van der Waals surface area (Å²) in [4.78, 5) is 26.5. The monoisotopic (exact) mass is 315 g/mol. The summed E-state index contributed by atoms with van der Waals surface area (Å²) in [6, 6.07) is 0. The molecule has 2 aromatic rings. The van der Waals surface area contributed by atoms with E-state index in [1.165, 1.54) is 12.4 Å². The molecule has 2 aliphatic heterocycles. The first-order valence-corrected chi connectivity index (χ1v) is 7.71. The Kier molecular flexibility index (Phi) is 3.53. The van der Waals surface area contributed by atoms with E-state index >= 15 is 0 Å². The predicted molar refractivity (Wildman–Crippen MR) is 77.3 cm³/mol. The fourth-order valence-electron chi connectivity index (χ4n) is 3.29. The Morgan fingerprint density at radius 2 is 2.30 bits per heavy atom. The summed E-state index contributed by atoms with van der Waals surface area (Å²) in [6.45, 7) is 3.05. The molecule has 3 atom stereocenters. The van der Waals surface area contributed by atoms with Gasteiger partial charge in [-0.2, -0.15) is 4.98 Å². The van der Waals surface area contributed by atoms with Gasteiger partial charge in [0.2, 0.25) is 0 Å². The number of hydrogen-bond acceptors (Lipinski definition) is 7. The van der Waals surface area contributed by atoms with Gasteiger partial charge in [0.1, 0.15) is 11.8 Å². The molecular formula is C15H17N5O3. The number of aryl methyl sites for hydroxylation is 1. The maximum atomic E-state index is 12.5. The van der Waals surface area contributed by atoms with Crippen molar-refractivity contribution in [2.75, 3.05) is 13.1 Å². The third kappa shape index (κ3) is 2.70. The minimum absolute atomic E-state index is 0.00146. The molecular weight excluding hydrogens is 298 g/mol. The molecule has 1 amide bonds. The number of rotatable bonds is 2. The highest BCUT2D eigenvalue weighted by molar-refractivity contribution is 5.92. The smallest absolute Gasteiger partial charge is 0.274 e. The van der Waals surface area contributed by atoms with Gasteiger partial charge in [-0.1, -0.05) is 5.16 Å². The molecule has 2 saturated heterocycles. The van der Waals surface area contributed by atoms with Crippen LogP contribution in [0.15, 0.2) is 23.1 Å². The number of likely N-dealkylation sites (tertiary alicyclic amines) is 1. The standard InChI is InChI=1S/C15H17N5O3/c1-9-18-14(23-19-9)12-6-10-2-5-20(8-13(10)22-12)15(21)11-7-16-3-4-17-11/h3-4,7,10,12-13H,2,5-6,8H2,1H3/t10-,12+,13+/m1/s1. The summed E-state index contributed by atoms with van der Waals surface area (Å²) in [6.07, 6.45) is 6.17. The van der Waals surface area contributed by atoms with Crippen molar-refractivity contribution in [2.45, 2.75) is 32.0 Å². The van der Waals surface area contributed by atoms with Crippen LogP contribution in [0.3, 0.4) is 0 Å². The quantitative estimate of drug-likeness (QED) is 0.820. The van der Waals surface area contributed by atoms with E-state index < -0.39 is 0 Å². The topological polar surface area (TPSA) is 94.2 Å². The second-order valence-corrected chi connectivity index (χ2v) is 5.97. The molecule has 23 heavy (non-hydrogen) atoms. The zero-order chi connectivity index (χ0) is 15.8. The largest absolute Gasteiger partial charge is 0.363 e. The van der Waals surface area contributed by atoms with Gasteiger partial charge < -0.3 is 14.2 Å². The zero-order valence-electron chi connectivity index (χ0n) is 12.8. The van der Waals surface area contributed by atoms with Crippen LogP contribution in [-0.2, 0) is 4.74 Å². The number of hydrogen-bond donors (Lipinski definition) is 0. The number of amides is 1. The number of carbonyl (C=O) groups excluding carboxylic acids is 1. The normalized spacial score (nSPS) is 27.0. The van der Waals surface area contributed by atoms with Crippen LogP contribution in [0.1, 0.15) is 41.1 Å². The van der Waals surface area contributed by atoms with Crippen molar-refractivity contribution in [1.82, 2.24) is 25.0 Å². The molecule has 0 spiro atoms. The van der Waals surface area contributed by atoms with Crippen molar-refractivity contribution in [3.63, 3.8) is 0 Å². The lowest BCUT2D eigenvalue weighted by Gasteiger charge is -2.33. The Morgan fingerprint density at radius 1 is 1.39 bits per heavy atom. The highest BCUT2D eigenvalue weighted by Gasteiger charge is 2.42. The van der Waals surface area contributed by atoms with E-state index in [1.54, 1.807) is 18.0 Å². The highest BCUT2D eigenvalue weighted by Crippen LogP contribution is 2.40. The molecule has 0 saturated carbocycles. The fourth-order valence-corrected chi connectivity index (χ4v) is 3.29. The lowest BCUT2D eigenvalue weighted by Crippen LogP contribution is -2.45. The van der Waals surface area contributed by atoms with E-state index in [1.807, 2.05) is 0 Å². The Labute approximate surface area is 132 Å². The fraction of sp³-hybridized carbons (Fsp3) is 0.533. The summed E-state index contributed by atoms with van der Waals surface area (Å²) < 4.78 is 11.3. The van der Waals surface area contributed by atoms with E-state index in [0.717, 1.165) is 12.8 Å². The molecule has 4 rings (SSSR count). The van der Waals surface area contributed by atoms with Gasteiger partial charge in [-0.05, 0) is 25.7 Å². The Bertz CT molecular complexity index is 704. The molecule has 8 heteroatoms. The van der Waals surface area contributed by atoms with Crippen LogP contribution in [0.2, 0.25) is 0 Å². The van der Waals surface area contributed by atoms with E-state index in [-0.39, 0.29) is 18.1 Å². The highest BCUT2D eigenvalue weighted by atomic mass is 16.5. The van der Waals surface area contributed by atoms with E-state index in [2.05, 4.69) is 20.1 Å². The van der Waals surface area contributed by atoms with Crippen LogP contribution in [0.4, 0.5) is 0 Å². The van der Waals surface area contributed by atoms with E-state index in [4.69, 9.17) is 9.26 Å². The van der Waals surface area contributed by atoms with Crippen LogP contribution in [0.25, 0.3) is 0 Å². The zero-order valence-corrected chi connectivity index (χ0v) is 12.8. The third-order valence-electron chi connectivity index (χ3n) is 4.44. The second-order valence-electron chi connectivity index (χ2n) is 5.97.